The third-order valence-electron chi connectivity index (χ3n) is 4.65. The van der Waals surface area contributed by atoms with Crippen molar-refractivity contribution in [2.75, 3.05) is 0 Å². The van der Waals surface area contributed by atoms with Crippen LogP contribution < -0.4 is 0 Å². The van der Waals surface area contributed by atoms with Gasteiger partial charge < -0.3 is 4.57 Å². The Hall–Kier alpha value is -2.23. The average molecular weight is 292 g/mol. The molecule has 1 aliphatic rings. The lowest BCUT2D eigenvalue weighted by molar-refractivity contribution is 0.542. The molecule has 1 aliphatic carbocycles. The summed E-state index contributed by atoms with van der Waals surface area (Å²) in [5.74, 6) is 2.70. The lowest BCUT2D eigenvalue weighted by atomic mass is 9.87. The van der Waals surface area contributed by atoms with E-state index in [1.54, 1.807) is 0 Å². The van der Waals surface area contributed by atoms with E-state index in [9.17, 15) is 0 Å². The number of nitrogens with zero attached hydrogens (tertiary/aromatic N) is 4. The van der Waals surface area contributed by atoms with Crippen LogP contribution in [0.15, 0.2) is 36.4 Å². The smallest absolute Gasteiger partial charge is 0.144 e. The molecule has 0 radical (unpaired) electrons. The van der Waals surface area contributed by atoms with Crippen molar-refractivity contribution in [2.45, 2.75) is 38.0 Å². The maximum Gasteiger partial charge on any atom is 0.144 e. The molecule has 112 valence electrons. The van der Waals surface area contributed by atoms with E-state index >= 15 is 0 Å². The van der Waals surface area contributed by atoms with Crippen LogP contribution in [-0.2, 0) is 12.5 Å². The molecular weight excluding hydrogens is 272 g/mol. The van der Waals surface area contributed by atoms with Gasteiger partial charge in [0.15, 0.2) is 0 Å². The lowest BCUT2D eigenvalue weighted by Crippen LogP contribution is -2.25. The summed E-state index contributed by atoms with van der Waals surface area (Å²) < 4.78 is 2.16. The Labute approximate surface area is 130 Å². The highest BCUT2D eigenvalue weighted by molar-refractivity contribution is 5.78. The highest BCUT2D eigenvalue weighted by atomic mass is 15.3. The molecule has 1 fully saturated rings. The van der Waals surface area contributed by atoms with Crippen LogP contribution in [0.2, 0.25) is 0 Å². The van der Waals surface area contributed by atoms with Crippen molar-refractivity contribution < 1.29 is 0 Å². The monoisotopic (exact) mass is 292 g/mol. The number of aromatic nitrogens is 4. The van der Waals surface area contributed by atoms with Gasteiger partial charge in [0.1, 0.15) is 11.6 Å². The fourth-order valence-electron chi connectivity index (χ4n) is 3.11. The molecule has 0 spiro atoms. The van der Waals surface area contributed by atoms with Crippen LogP contribution in [0.1, 0.15) is 49.9 Å². The van der Waals surface area contributed by atoms with Crippen molar-refractivity contribution >= 4 is 10.9 Å². The third-order valence-corrected chi connectivity index (χ3v) is 4.65. The van der Waals surface area contributed by atoms with E-state index in [-0.39, 0.29) is 5.41 Å². The van der Waals surface area contributed by atoms with Gasteiger partial charge in [0.05, 0.1) is 16.6 Å². The van der Waals surface area contributed by atoms with Crippen molar-refractivity contribution in [3.8, 4) is 0 Å². The summed E-state index contributed by atoms with van der Waals surface area (Å²) in [7, 11) is 2.08. The van der Waals surface area contributed by atoms with E-state index in [0.717, 1.165) is 22.9 Å². The normalized spacial score (nSPS) is 15.4. The van der Waals surface area contributed by atoms with Crippen LogP contribution in [0.5, 0.6) is 0 Å². The summed E-state index contributed by atoms with van der Waals surface area (Å²) in [5, 5.41) is 10.1. The molecule has 1 aromatic carbocycles. The van der Waals surface area contributed by atoms with Crippen LogP contribution in [0.4, 0.5) is 0 Å². The minimum atomic E-state index is -0.265. The van der Waals surface area contributed by atoms with E-state index in [1.807, 2.05) is 12.1 Å². The minimum Gasteiger partial charge on any atom is -0.317 e. The second-order valence-electron chi connectivity index (χ2n) is 6.73. The van der Waals surface area contributed by atoms with Gasteiger partial charge in [-0.25, -0.2) is 0 Å². The van der Waals surface area contributed by atoms with Crippen LogP contribution in [-0.4, -0.2) is 19.7 Å². The Balaban J connectivity index is 1.81. The number of hydrogen-bond acceptors (Lipinski definition) is 3. The Kier molecular flexibility index (Phi) is 2.83. The quantitative estimate of drug-likeness (QED) is 0.741. The molecule has 2 aromatic heterocycles. The molecule has 0 unspecified atom stereocenters. The molecule has 22 heavy (non-hydrogen) atoms. The van der Waals surface area contributed by atoms with Crippen LogP contribution in [0.3, 0.4) is 0 Å². The van der Waals surface area contributed by atoms with E-state index in [0.29, 0.717) is 5.92 Å². The minimum absolute atomic E-state index is 0.265. The van der Waals surface area contributed by atoms with Gasteiger partial charge in [-0.1, -0.05) is 24.3 Å². The van der Waals surface area contributed by atoms with Crippen LogP contribution in [0.25, 0.3) is 10.9 Å². The van der Waals surface area contributed by atoms with Gasteiger partial charge in [-0.15, -0.1) is 10.2 Å². The predicted octanol–water partition coefficient (Wildman–Crippen LogP) is 3.57. The Morgan fingerprint density at radius 2 is 1.82 bits per heavy atom. The number of benzene rings is 1. The SMILES string of the molecule is Cn1c(C2CC2)nnc1C(C)(C)c1ccc2ccccc2n1. The molecule has 0 saturated heterocycles. The molecule has 3 aromatic rings. The zero-order valence-electron chi connectivity index (χ0n) is 13.2. The molecular formula is C18H20N4. The number of hydrogen-bond donors (Lipinski definition) is 0. The summed E-state index contributed by atoms with van der Waals surface area (Å²) in [6.07, 6.45) is 2.47. The topological polar surface area (TPSA) is 43.6 Å². The first kappa shape index (κ1) is 13.4. The summed E-state index contributed by atoms with van der Waals surface area (Å²) >= 11 is 0. The zero-order chi connectivity index (χ0) is 15.3. The van der Waals surface area contributed by atoms with Gasteiger partial charge in [-0.2, -0.15) is 0 Å². The Bertz CT molecular complexity index is 843. The first-order chi connectivity index (χ1) is 10.6. The molecule has 1 saturated carbocycles. The lowest BCUT2D eigenvalue weighted by Gasteiger charge is -2.23. The van der Waals surface area contributed by atoms with Crippen molar-refractivity contribution in [1.82, 2.24) is 19.7 Å². The second kappa shape index (κ2) is 4.63. The molecule has 4 heteroatoms. The van der Waals surface area contributed by atoms with Gasteiger partial charge in [-0.3, -0.25) is 4.98 Å². The maximum absolute atomic E-state index is 4.85. The van der Waals surface area contributed by atoms with E-state index < -0.39 is 0 Å². The largest absolute Gasteiger partial charge is 0.317 e. The van der Waals surface area contributed by atoms with E-state index in [1.165, 1.54) is 18.2 Å². The standard InChI is InChI=1S/C18H20N4/c1-18(2,17-21-20-16(22(17)3)13-8-9-13)15-11-10-12-6-4-5-7-14(12)19-15/h4-7,10-11,13H,8-9H2,1-3H3. The van der Waals surface area contributed by atoms with Gasteiger partial charge in [0.2, 0.25) is 0 Å². The summed E-state index contributed by atoms with van der Waals surface area (Å²) in [6.45, 7) is 4.34. The number of para-hydroxylation sites is 1. The Morgan fingerprint density at radius 1 is 1.05 bits per heavy atom. The van der Waals surface area contributed by atoms with Gasteiger partial charge in [0, 0.05) is 18.4 Å². The van der Waals surface area contributed by atoms with Gasteiger partial charge in [0.25, 0.3) is 0 Å². The van der Waals surface area contributed by atoms with E-state index in [4.69, 9.17) is 4.98 Å². The van der Waals surface area contributed by atoms with Crippen molar-refractivity contribution in [1.29, 1.82) is 0 Å². The molecule has 4 rings (SSSR count). The second-order valence-corrected chi connectivity index (χ2v) is 6.73. The molecule has 0 atom stereocenters. The van der Waals surface area contributed by atoms with Crippen LogP contribution >= 0.6 is 0 Å². The maximum atomic E-state index is 4.85. The molecule has 0 N–H and O–H groups in total. The molecule has 2 heterocycles. The summed E-state index contributed by atoms with van der Waals surface area (Å²) in [6, 6.07) is 12.5. The predicted molar refractivity (Wildman–Crippen MR) is 86.8 cm³/mol. The molecule has 4 nitrogen and oxygen atoms in total. The van der Waals surface area contributed by atoms with Crippen molar-refractivity contribution in [3.63, 3.8) is 0 Å². The highest BCUT2D eigenvalue weighted by Crippen LogP contribution is 2.40. The number of fused-ring (bicyclic) bond motifs is 1. The molecule has 0 aliphatic heterocycles. The van der Waals surface area contributed by atoms with Gasteiger partial charge in [-0.05, 0) is 38.8 Å². The highest BCUT2D eigenvalue weighted by Gasteiger charge is 2.35. The van der Waals surface area contributed by atoms with Crippen molar-refractivity contribution in [2.24, 2.45) is 7.05 Å². The summed E-state index contributed by atoms with van der Waals surface area (Å²) in [4.78, 5) is 4.85. The fraction of sp³-hybridized carbons (Fsp3) is 0.389. The summed E-state index contributed by atoms with van der Waals surface area (Å²) in [5.41, 5.74) is 1.79. The van der Waals surface area contributed by atoms with E-state index in [2.05, 4.69) is 59.9 Å². The van der Waals surface area contributed by atoms with Crippen molar-refractivity contribution in [3.05, 3.63) is 53.7 Å². The first-order valence-electron chi connectivity index (χ1n) is 7.83. The number of pyridine rings is 1. The average Bonchev–Trinajstić information content (AvgIpc) is 3.29. The Morgan fingerprint density at radius 3 is 2.59 bits per heavy atom. The molecule has 0 bridgehead atoms. The fourth-order valence-corrected chi connectivity index (χ4v) is 3.11. The van der Waals surface area contributed by atoms with Crippen LogP contribution in [0, 0.1) is 0 Å². The van der Waals surface area contributed by atoms with Gasteiger partial charge >= 0.3 is 0 Å². The first-order valence-corrected chi connectivity index (χ1v) is 7.83. The zero-order valence-corrected chi connectivity index (χ0v) is 13.2. The number of rotatable bonds is 3. The molecule has 0 amide bonds. The third kappa shape index (κ3) is 2.02.